The number of hydrogen-bond acceptors (Lipinski definition) is 7. The molecule has 2 aromatic carbocycles. The number of carbonyl (C=O) groups excluding carboxylic acids is 2. The van der Waals surface area contributed by atoms with Gasteiger partial charge in [0, 0.05) is 25.2 Å². The second-order valence-electron chi connectivity index (χ2n) is 8.41. The number of fused-ring (bicyclic) bond motifs is 3. The summed E-state index contributed by atoms with van der Waals surface area (Å²) in [6.45, 7) is 2.26. The Morgan fingerprint density at radius 2 is 1.94 bits per heavy atom. The van der Waals surface area contributed by atoms with Crippen molar-refractivity contribution in [2.24, 2.45) is 4.40 Å². The summed E-state index contributed by atoms with van der Waals surface area (Å²) in [6, 6.07) is 15.2. The summed E-state index contributed by atoms with van der Waals surface area (Å²) in [5, 5.41) is 8.97. The van der Waals surface area contributed by atoms with E-state index in [2.05, 4.69) is 4.40 Å². The Morgan fingerprint density at radius 1 is 1.17 bits per heavy atom. The van der Waals surface area contributed by atoms with Gasteiger partial charge < -0.3 is 14.5 Å². The average Bonchev–Trinajstić information content (AvgIpc) is 3.09. The lowest BCUT2D eigenvalue weighted by Crippen LogP contribution is -2.40. The number of sulfonamides is 1. The summed E-state index contributed by atoms with van der Waals surface area (Å²) < 4.78 is 35.1. The van der Waals surface area contributed by atoms with E-state index in [9.17, 15) is 18.0 Å². The van der Waals surface area contributed by atoms with Gasteiger partial charge in [0.05, 0.1) is 23.7 Å². The van der Waals surface area contributed by atoms with Crippen LogP contribution in [0.3, 0.4) is 0 Å². The minimum Gasteiger partial charge on any atom is -0.449 e. The van der Waals surface area contributed by atoms with E-state index in [1.54, 1.807) is 30.3 Å². The molecule has 1 saturated heterocycles. The van der Waals surface area contributed by atoms with Gasteiger partial charge in [0.25, 0.3) is 15.9 Å². The van der Waals surface area contributed by atoms with Crippen LogP contribution in [-0.4, -0.2) is 45.3 Å². The molecule has 1 atom stereocenters. The summed E-state index contributed by atoms with van der Waals surface area (Å²) in [4.78, 5) is 29.2. The highest BCUT2D eigenvalue weighted by Gasteiger charge is 2.33. The van der Waals surface area contributed by atoms with Crippen LogP contribution in [-0.2, 0) is 19.6 Å². The van der Waals surface area contributed by atoms with E-state index < -0.39 is 28.0 Å². The van der Waals surface area contributed by atoms with Crippen molar-refractivity contribution in [1.82, 2.24) is 0 Å². The third-order valence-electron chi connectivity index (χ3n) is 6.00. The number of carbonyl (C=O) groups is 2. The van der Waals surface area contributed by atoms with Crippen LogP contribution in [0.1, 0.15) is 49.4 Å². The number of benzene rings is 2. The van der Waals surface area contributed by atoms with Gasteiger partial charge in [0.2, 0.25) is 0 Å². The average molecular weight is 495 g/mol. The molecule has 0 N–H and O–H groups in total. The fourth-order valence-electron chi connectivity index (χ4n) is 4.24. The zero-order valence-electron chi connectivity index (χ0n) is 19.4. The molecule has 0 spiro atoms. The second-order valence-corrected chi connectivity index (χ2v) is 9.98. The molecule has 182 valence electrons. The van der Waals surface area contributed by atoms with Crippen LogP contribution in [0.15, 0.2) is 57.8 Å². The summed E-state index contributed by atoms with van der Waals surface area (Å²) in [5.74, 6) is -0.769. The molecule has 9 nitrogen and oxygen atoms in total. The van der Waals surface area contributed by atoms with E-state index in [0.29, 0.717) is 30.2 Å². The first-order valence-corrected chi connectivity index (χ1v) is 13.0. The lowest BCUT2D eigenvalue weighted by atomic mass is 10.1. The van der Waals surface area contributed by atoms with E-state index in [4.69, 9.17) is 10.00 Å². The molecular weight excluding hydrogens is 468 g/mol. The van der Waals surface area contributed by atoms with Gasteiger partial charge in [-0.25, -0.2) is 4.79 Å². The number of amidine groups is 1. The molecule has 0 aliphatic carbocycles. The van der Waals surface area contributed by atoms with Crippen LogP contribution in [0.2, 0.25) is 0 Å². The molecule has 0 radical (unpaired) electrons. The number of esters is 1. The highest BCUT2D eigenvalue weighted by molar-refractivity contribution is 7.90. The number of rotatable bonds is 6. The summed E-state index contributed by atoms with van der Waals surface area (Å²) >= 11 is 0. The highest BCUT2D eigenvalue weighted by Crippen LogP contribution is 2.35. The van der Waals surface area contributed by atoms with Crippen molar-refractivity contribution in [3.8, 4) is 6.07 Å². The molecule has 2 aliphatic rings. The number of amides is 1. The number of hydrogen-bond donors (Lipinski definition) is 0. The Hall–Kier alpha value is -3.71. The van der Waals surface area contributed by atoms with Crippen molar-refractivity contribution < 1.29 is 22.7 Å². The summed E-state index contributed by atoms with van der Waals surface area (Å²) in [5.41, 5.74) is 1.11. The molecule has 35 heavy (non-hydrogen) atoms. The van der Waals surface area contributed by atoms with Gasteiger partial charge in [-0.2, -0.15) is 13.7 Å². The van der Waals surface area contributed by atoms with E-state index in [1.807, 2.05) is 17.0 Å². The summed E-state index contributed by atoms with van der Waals surface area (Å²) in [7, 11) is -3.96. The molecular formula is C25H26N4O5S. The molecule has 4 rings (SSSR count). The van der Waals surface area contributed by atoms with Gasteiger partial charge in [-0.15, -0.1) is 4.40 Å². The van der Waals surface area contributed by atoms with Gasteiger partial charge >= 0.3 is 5.97 Å². The molecule has 1 amide bonds. The molecule has 2 heterocycles. The van der Waals surface area contributed by atoms with E-state index in [0.717, 1.165) is 19.3 Å². The maximum atomic E-state index is 13.1. The zero-order valence-corrected chi connectivity index (χ0v) is 20.2. The third kappa shape index (κ3) is 5.20. The van der Waals surface area contributed by atoms with Crippen molar-refractivity contribution >= 4 is 39.1 Å². The predicted molar refractivity (Wildman–Crippen MR) is 131 cm³/mol. The monoisotopic (exact) mass is 494 g/mol. The van der Waals surface area contributed by atoms with Crippen LogP contribution in [0.4, 0.5) is 11.4 Å². The predicted octanol–water partition coefficient (Wildman–Crippen LogP) is 3.66. The standard InChI is InChI=1S/C25H26N4O5S/c1-18(24(30)28(16-8-14-26)20-9-4-2-5-10-20)34-25(31)19-12-13-21-22(17-19)35(32,33)27-23-11-6-3-7-15-29(21)23/h2,4-5,9-10,12-13,17-18H,3,6-8,11,15-16H2,1H3. The number of nitrogens with zero attached hydrogens (tertiary/aromatic N) is 4. The Bertz CT molecular complexity index is 1300. The van der Waals surface area contributed by atoms with Gasteiger partial charge in [-0.05, 0) is 50.1 Å². The molecule has 0 bridgehead atoms. The highest BCUT2D eigenvalue weighted by atomic mass is 32.2. The molecule has 0 saturated carbocycles. The van der Waals surface area contributed by atoms with Crippen LogP contribution in [0.25, 0.3) is 0 Å². The van der Waals surface area contributed by atoms with Gasteiger partial charge in [-0.3, -0.25) is 4.79 Å². The lowest BCUT2D eigenvalue weighted by molar-refractivity contribution is -0.126. The SMILES string of the molecule is CC(OC(=O)c1ccc2c(c1)S(=O)(=O)N=C1CCCCCN12)C(=O)N(CCC#N)c1ccccc1. The topological polar surface area (TPSA) is 120 Å². The molecule has 2 aromatic rings. The van der Waals surface area contributed by atoms with E-state index in [1.165, 1.54) is 24.0 Å². The van der Waals surface area contributed by atoms with Crippen molar-refractivity contribution in [2.45, 2.75) is 50.0 Å². The number of ether oxygens (including phenoxy) is 1. The minimum absolute atomic E-state index is 0.0173. The molecule has 0 aromatic heterocycles. The Morgan fingerprint density at radius 3 is 2.69 bits per heavy atom. The smallest absolute Gasteiger partial charge is 0.338 e. The third-order valence-corrected chi connectivity index (χ3v) is 7.33. The maximum Gasteiger partial charge on any atom is 0.338 e. The van der Waals surface area contributed by atoms with Crippen molar-refractivity contribution in [2.75, 3.05) is 22.9 Å². The van der Waals surface area contributed by atoms with Gasteiger partial charge in [-0.1, -0.05) is 24.6 Å². The fourth-order valence-corrected chi connectivity index (χ4v) is 5.53. The van der Waals surface area contributed by atoms with Crippen molar-refractivity contribution in [3.05, 3.63) is 54.1 Å². The minimum atomic E-state index is -3.96. The quantitative estimate of drug-likeness (QED) is 0.562. The van der Waals surface area contributed by atoms with Gasteiger partial charge in [0.1, 0.15) is 10.7 Å². The molecule has 2 aliphatic heterocycles. The molecule has 10 heteroatoms. The van der Waals surface area contributed by atoms with E-state index in [-0.39, 0.29) is 23.4 Å². The molecule has 1 fully saturated rings. The van der Waals surface area contributed by atoms with Gasteiger partial charge in [0.15, 0.2) is 6.10 Å². The second kappa shape index (κ2) is 10.3. The lowest BCUT2D eigenvalue weighted by Gasteiger charge is -2.29. The van der Waals surface area contributed by atoms with E-state index >= 15 is 0 Å². The Labute approximate surface area is 204 Å². The first-order chi connectivity index (χ1) is 16.8. The fraction of sp³-hybridized carbons (Fsp3) is 0.360. The van der Waals surface area contributed by atoms with Crippen LogP contribution >= 0.6 is 0 Å². The first kappa shape index (κ1) is 24.4. The largest absolute Gasteiger partial charge is 0.449 e. The van der Waals surface area contributed by atoms with Crippen molar-refractivity contribution in [3.63, 3.8) is 0 Å². The van der Waals surface area contributed by atoms with Crippen molar-refractivity contribution in [1.29, 1.82) is 5.26 Å². The number of para-hydroxylation sites is 1. The van der Waals surface area contributed by atoms with Crippen LogP contribution in [0.5, 0.6) is 0 Å². The number of nitriles is 1. The molecule has 1 unspecified atom stereocenters. The van der Waals surface area contributed by atoms with Crippen LogP contribution in [0, 0.1) is 11.3 Å². The normalized spacial score (nSPS) is 17.0. The van der Waals surface area contributed by atoms with Crippen LogP contribution < -0.4 is 9.80 Å². The Kier molecular flexibility index (Phi) is 7.17. The zero-order chi connectivity index (χ0) is 25.0. The first-order valence-electron chi connectivity index (χ1n) is 11.5. The maximum absolute atomic E-state index is 13.1. The Balaban J connectivity index is 1.55. The number of anilines is 2. The summed E-state index contributed by atoms with van der Waals surface area (Å²) in [6.07, 6.45) is 2.35.